The van der Waals surface area contributed by atoms with E-state index in [0.717, 1.165) is 24.3 Å². The average Bonchev–Trinajstić information content (AvgIpc) is 3.33. The van der Waals surface area contributed by atoms with Crippen LogP contribution in [0.3, 0.4) is 0 Å². The third-order valence-corrected chi connectivity index (χ3v) is 6.68. The van der Waals surface area contributed by atoms with Crippen molar-refractivity contribution in [2.45, 2.75) is 36.5 Å². The molecule has 0 amide bonds. The minimum atomic E-state index is -4.66. The maximum atomic E-state index is 13.4. The number of benzene rings is 2. The van der Waals surface area contributed by atoms with Crippen molar-refractivity contribution in [1.29, 1.82) is 0 Å². The van der Waals surface area contributed by atoms with Gasteiger partial charge in [-0.1, -0.05) is 13.8 Å². The van der Waals surface area contributed by atoms with Gasteiger partial charge in [0.25, 0.3) is 11.4 Å². The molecule has 0 aliphatic heterocycles. The van der Waals surface area contributed by atoms with Gasteiger partial charge in [0, 0.05) is 25.0 Å². The lowest BCUT2D eigenvalue weighted by Gasteiger charge is -2.07. The highest BCUT2D eigenvalue weighted by Gasteiger charge is 2.35. The Labute approximate surface area is 174 Å². The molecule has 0 unspecified atom stereocenters. The van der Waals surface area contributed by atoms with E-state index in [4.69, 9.17) is 0 Å². The molecule has 13 heteroatoms. The third-order valence-electron chi connectivity index (χ3n) is 4.87. The Hall–Kier alpha value is -3.87. The Morgan fingerprint density at radius 2 is 1.19 bits per heavy atom. The van der Waals surface area contributed by atoms with Crippen LogP contribution in [0.5, 0.6) is 0 Å². The molecule has 12 nitrogen and oxygen atoms in total. The first kappa shape index (κ1) is 20.4. The summed E-state index contributed by atoms with van der Waals surface area (Å²) in [5.74, 6) is 1.05. The molecule has 2 heterocycles. The summed E-state index contributed by atoms with van der Waals surface area (Å²) in [6.45, 7) is 3.63. The maximum absolute atomic E-state index is 13.4. The van der Waals surface area contributed by atoms with E-state index in [0.29, 0.717) is 35.5 Å². The summed E-state index contributed by atoms with van der Waals surface area (Å²) in [6.07, 6.45) is 1.01. The van der Waals surface area contributed by atoms with Crippen molar-refractivity contribution in [2.75, 3.05) is 0 Å². The minimum absolute atomic E-state index is 0.206. The minimum Gasteiger partial charge on any atom is -0.342 e. The third kappa shape index (κ3) is 3.28. The van der Waals surface area contributed by atoms with Crippen molar-refractivity contribution in [3.8, 4) is 0 Å². The van der Waals surface area contributed by atoms with E-state index >= 15 is 0 Å². The van der Waals surface area contributed by atoms with Gasteiger partial charge in [-0.05, 0) is 12.1 Å². The molecular weight excluding hydrogens is 428 g/mol. The van der Waals surface area contributed by atoms with E-state index in [-0.39, 0.29) is 11.0 Å². The summed E-state index contributed by atoms with van der Waals surface area (Å²) >= 11 is 0. The summed E-state index contributed by atoms with van der Waals surface area (Å²) in [6, 6.07) is 4.27. The molecule has 0 fully saturated rings. The van der Waals surface area contributed by atoms with E-state index in [1.54, 1.807) is 0 Å². The number of hydrogen-bond acceptors (Lipinski definition) is 8. The van der Waals surface area contributed by atoms with Gasteiger partial charge in [0.15, 0.2) is 9.79 Å². The Bertz CT molecular complexity index is 1380. The highest BCUT2D eigenvalue weighted by Crippen LogP contribution is 2.37. The second-order valence-corrected chi connectivity index (χ2v) is 8.65. The van der Waals surface area contributed by atoms with Gasteiger partial charge in [0.05, 0.1) is 31.9 Å². The van der Waals surface area contributed by atoms with E-state index in [1.165, 1.54) is 0 Å². The summed E-state index contributed by atoms with van der Waals surface area (Å²) in [5, 5.41) is 23.3. The molecule has 2 aromatic carbocycles. The molecule has 2 N–H and O–H groups in total. The van der Waals surface area contributed by atoms with Crippen molar-refractivity contribution in [1.82, 2.24) is 19.9 Å². The molecule has 0 spiro atoms. The predicted octanol–water partition coefficient (Wildman–Crippen LogP) is 3.21. The number of aromatic nitrogens is 4. The quantitative estimate of drug-likeness (QED) is 0.336. The fourth-order valence-corrected chi connectivity index (χ4v) is 4.92. The van der Waals surface area contributed by atoms with Crippen LogP contribution in [-0.4, -0.2) is 38.2 Å². The van der Waals surface area contributed by atoms with Crippen LogP contribution in [0.1, 0.15) is 25.5 Å². The number of nitro benzene ring substituents is 2. The number of imidazole rings is 2. The largest absolute Gasteiger partial charge is 0.342 e. The van der Waals surface area contributed by atoms with Crippen molar-refractivity contribution in [3.63, 3.8) is 0 Å². The Balaban J connectivity index is 2.04. The average molecular weight is 444 g/mol. The van der Waals surface area contributed by atoms with E-state index in [9.17, 15) is 28.6 Å². The molecule has 0 saturated carbocycles. The molecule has 0 bridgehead atoms. The van der Waals surface area contributed by atoms with Gasteiger partial charge in [-0.2, -0.15) is 0 Å². The molecule has 0 aliphatic carbocycles. The van der Waals surface area contributed by atoms with Crippen LogP contribution in [0.25, 0.3) is 22.1 Å². The SMILES string of the molecule is CCc1nc2cc(S(=O)(=O)c3cc4nc(CC)[nH]c4cc3[N+](=O)[O-])c([N+](=O)[O-])cc2[nH]1. The number of fused-ring (bicyclic) bond motifs is 2. The van der Waals surface area contributed by atoms with Crippen LogP contribution in [0.15, 0.2) is 34.1 Å². The highest BCUT2D eigenvalue weighted by atomic mass is 32.2. The lowest BCUT2D eigenvalue weighted by Crippen LogP contribution is -2.08. The van der Waals surface area contributed by atoms with Crippen LogP contribution in [0, 0.1) is 20.2 Å². The summed E-state index contributed by atoms with van der Waals surface area (Å²) < 4.78 is 26.9. The number of nitrogens with zero attached hydrogens (tertiary/aromatic N) is 4. The summed E-state index contributed by atoms with van der Waals surface area (Å²) in [4.78, 5) is 34.5. The van der Waals surface area contributed by atoms with Gasteiger partial charge in [0.2, 0.25) is 9.84 Å². The van der Waals surface area contributed by atoms with E-state index in [2.05, 4.69) is 19.9 Å². The predicted molar refractivity (Wildman–Crippen MR) is 110 cm³/mol. The van der Waals surface area contributed by atoms with Gasteiger partial charge in [-0.3, -0.25) is 20.2 Å². The smallest absolute Gasteiger partial charge is 0.290 e. The molecule has 0 saturated heterocycles. The second kappa shape index (κ2) is 7.12. The summed E-state index contributed by atoms with van der Waals surface area (Å²) in [7, 11) is -4.66. The Kier molecular flexibility index (Phi) is 4.69. The first-order valence-electron chi connectivity index (χ1n) is 9.24. The number of H-pyrrole nitrogens is 2. The topological polar surface area (TPSA) is 178 Å². The first-order valence-corrected chi connectivity index (χ1v) is 10.7. The standard InChI is InChI=1S/C18H16N6O6S/c1-3-17-19-9-5-13(23(25)26)15(7-11(9)21-17)31(29,30)16-8-12-10(6-14(16)24(27)28)20-18(4-2)22-12/h5-8H,3-4H2,1-2H3,(H,19,21)(H,20,22). The van der Waals surface area contributed by atoms with Crippen LogP contribution in [0.4, 0.5) is 11.4 Å². The zero-order valence-electron chi connectivity index (χ0n) is 16.4. The van der Waals surface area contributed by atoms with Crippen LogP contribution >= 0.6 is 0 Å². The molecule has 31 heavy (non-hydrogen) atoms. The van der Waals surface area contributed by atoms with E-state index < -0.39 is 40.8 Å². The molecule has 4 aromatic rings. The second-order valence-electron chi connectivity index (χ2n) is 6.77. The molecule has 0 atom stereocenters. The lowest BCUT2D eigenvalue weighted by molar-refractivity contribution is -0.388. The lowest BCUT2D eigenvalue weighted by atomic mass is 10.3. The van der Waals surface area contributed by atoms with Crippen LogP contribution in [-0.2, 0) is 22.7 Å². The highest BCUT2D eigenvalue weighted by molar-refractivity contribution is 7.91. The first-order chi connectivity index (χ1) is 14.6. The van der Waals surface area contributed by atoms with Gasteiger partial charge < -0.3 is 9.97 Å². The normalized spacial score (nSPS) is 11.9. The number of nitrogens with one attached hydrogen (secondary N) is 2. The molecule has 0 aliphatic rings. The van der Waals surface area contributed by atoms with Crippen molar-refractivity contribution >= 4 is 43.3 Å². The number of hydrogen-bond donors (Lipinski definition) is 2. The fourth-order valence-electron chi connectivity index (χ4n) is 3.33. The number of aryl methyl sites for hydroxylation is 2. The zero-order chi connectivity index (χ0) is 22.5. The number of sulfone groups is 1. The molecular formula is C18H16N6O6S. The number of rotatable bonds is 6. The van der Waals surface area contributed by atoms with Gasteiger partial charge >= 0.3 is 0 Å². The van der Waals surface area contributed by atoms with Crippen LogP contribution < -0.4 is 0 Å². The summed E-state index contributed by atoms with van der Waals surface area (Å²) in [5.41, 5.74) is -0.399. The molecule has 0 radical (unpaired) electrons. The number of nitro groups is 2. The monoisotopic (exact) mass is 444 g/mol. The number of aromatic amines is 2. The van der Waals surface area contributed by atoms with Crippen molar-refractivity contribution in [2.24, 2.45) is 0 Å². The molecule has 160 valence electrons. The Morgan fingerprint density at radius 3 is 1.52 bits per heavy atom. The van der Waals surface area contributed by atoms with Crippen LogP contribution in [0.2, 0.25) is 0 Å². The van der Waals surface area contributed by atoms with Gasteiger partial charge in [0.1, 0.15) is 11.6 Å². The van der Waals surface area contributed by atoms with E-state index in [1.807, 2.05) is 13.8 Å². The van der Waals surface area contributed by atoms with Crippen molar-refractivity contribution < 1.29 is 18.3 Å². The van der Waals surface area contributed by atoms with Crippen molar-refractivity contribution in [3.05, 3.63) is 56.1 Å². The maximum Gasteiger partial charge on any atom is 0.290 e. The Morgan fingerprint density at radius 1 is 0.806 bits per heavy atom. The zero-order valence-corrected chi connectivity index (χ0v) is 17.2. The molecule has 4 rings (SSSR count). The fraction of sp³-hybridized carbons (Fsp3) is 0.222. The van der Waals surface area contributed by atoms with Gasteiger partial charge in [-0.25, -0.2) is 18.4 Å². The van der Waals surface area contributed by atoms with Gasteiger partial charge in [-0.15, -0.1) is 0 Å². The molecule has 2 aromatic heterocycles.